The van der Waals surface area contributed by atoms with Crippen LogP contribution in [0.15, 0.2) is 24.3 Å². The predicted octanol–water partition coefficient (Wildman–Crippen LogP) is 1.93. The number of nitrogens with one attached hydrogen (secondary N) is 1. The molecule has 0 spiro atoms. The van der Waals surface area contributed by atoms with Gasteiger partial charge in [0, 0.05) is 31.2 Å². The highest BCUT2D eigenvalue weighted by atomic mass is 16.5. The van der Waals surface area contributed by atoms with E-state index in [2.05, 4.69) is 10.2 Å². The van der Waals surface area contributed by atoms with Crippen LogP contribution < -0.4 is 10.1 Å². The quantitative estimate of drug-likeness (QED) is 0.836. The number of amides is 1. The minimum atomic E-state index is -0.0301. The largest absolute Gasteiger partial charge is 0.494 e. The number of morpholine rings is 1. The van der Waals surface area contributed by atoms with Crippen molar-refractivity contribution in [2.45, 2.75) is 26.3 Å². The van der Waals surface area contributed by atoms with Gasteiger partial charge >= 0.3 is 0 Å². The fraction of sp³-hybridized carbons (Fsp3) is 0.588. The Balaban J connectivity index is 1.75. The molecule has 1 amide bonds. The van der Waals surface area contributed by atoms with Gasteiger partial charge in [-0.2, -0.15) is 0 Å². The van der Waals surface area contributed by atoms with Crippen molar-refractivity contribution in [2.24, 2.45) is 0 Å². The molecule has 0 radical (unpaired) electrons. The van der Waals surface area contributed by atoms with E-state index < -0.39 is 0 Å². The summed E-state index contributed by atoms with van der Waals surface area (Å²) in [5, 5.41) is 3.05. The van der Waals surface area contributed by atoms with Gasteiger partial charge in [0.2, 0.25) is 0 Å². The second-order valence-corrected chi connectivity index (χ2v) is 5.57. The smallest absolute Gasteiger partial charge is 0.251 e. The van der Waals surface area contributed by atoms with Gasteiger partial charge in [-0.3, -0.25) is 9.69 Å². The third kappa shape index (κ3) is 5.31. The van der Waals surface area contributed by atoms with Crippen LogP contribution in [-0.4, -0.2) is 56.3 Å². The highest BCUT2D eigenvalue weighted by molar-refractivity contribution is 5.94. The molecule has 122 valence electrons. The summed E-state index contributed by atoms with van der Waals surface area (Å²) in [5.41, 5.74) is 0.668. The lowest BCUT2D eigenvalue weighted by atomic mass is 10.1. The summed E-state index contributed by atoms with van der Waals surface area (Å²) in [6.07, 6.45) is 0.947. The monoisotopic (exact) mass is 306 g/mol. The van der Waals surface area contributed by atoms with Crippen molar-refractivity contribution in [3.8, 4) is 5.75 Å². The van der Waals surface area contributed by atoms with Crippen molar-refractivity contribution in [3.63, 3.8) is 0 Å². The molecule has 1 unspecified atom stereocenters. The molecule has 1 N–H and O–H groups in total. The average molecular weight is 306 g/mol. The molecule has 1 aliphatic heterocycles. The van der Waals surface area contributed by atoms with Crippen LogP contribution in [0, 0.1) is 0 Å². The lowest BCUT2D eigenvalue weighted by Gasteiger charge is -2.27. The minimum Gasteiger partial charge on any atom is -0.494 e. The maximum atomic E-state index is 12.2. The molecule has 0 aliphatic carbocycles. The van der Waals surface area contributed by atoms with E-state index in [0.717, 1.165) is 45.0 Å². The van der Waals surface area contributed by atoms with E-state index in [4.69, 9.17) is 9.47 Å². The molecule has 0 saturated carbocycles. The number of carbonyl (C=O) groups is 1. The first kappa shape index (κ1) is 16.8. The Morgan fingerprint density at radius 3 is 2.64 bits per heavy atom. The molecular formula is C17H26N2O3. The number of ether oxygens (including phenoxy) is 2. The Morgan fingerprint density at radius 1 is 1.32 bits per heavy atom. The molecule has 22 heavy (non-hydrogen) atoms. The number of hydrogen-bond donors (Lipinski definition) is 1. The van der Waals surface area contributed by atoms with E-state index in [0.29, 0.717) is 12.2 Å². The van der Waals surface area contributed by atoms with Crippen molar-refractivity contribution >= 4 is 5.91 Å². The van der Waals surface area contributed by atoms with Gasteiger partial charge in [0.25, 0.3) is 5.91 Å². The van der Waals surface area contributed by atoms with E-state index in [1.165, 1.54) is 0 Å². The molecule has 1 fully saturated rings. The first-order valence-electron chi connectivity index (χ1n) is 8.03. The van der Waals surface area contributed by atoms with Crippen molar-refractivity contribution in [1.29, 1.82) is 0 Å². The first-order valence-corrected chi connectivity index (χ1v) is 8.03. The molecule has 2 rings (SSSR count). The molecule has 5 heteroatoms. The minimum absolute atomic E-state index is 0.0301. The van der Waals surface area contributed by atoms with Crippen molar-refractivity contribution < 1.29 is 14.3 Å². The summed E-state index contributed by atoms with van der Waals surface area (Å²) in [6, 6.07) is 7.42. The van der Waals surface area contributed by atoms with Crippen molar-refractivity contribution in [1.82, 2.24) is 10.2 Å². The summed E-state index contributed by atoms with van der Waals surface area (Å²) in [7, 11) is 0. The lowest BCUT2D eigenvalue weighted by Crippen LogP contribution is -2.40. The lowest BCUT2D eigenvalue weighted by molar-refractivity contribution is 0.0363. The number of hydrogen-bond acceptors (Lipinski definition) is 4. The van der Waals surface area contributed by atoms with E-state index in [9.17, 15) is 4.79 Å². The van der Waals surface area contributed by atoms with E-state index in [-0.39, 0.29) is 11.9 Å². The van der Waals surface area contributed by atoms with Crippen LogP contribution in [0.5, 0.6) is 5.75 Å². The molecule has 0 aromatic heterocycles. The van der Waals surface area contributed by atoms with Crippen LogP contribution in [-0.2, 0) is 4.74 Å². The summed E-state index contributed by atoms with van der Waals surface area (Å²) in [5.74, 6) is 0.761. The molecule has 5 nitrogen and oxygen atoms in total. The SMILES string of the molecule is CCOc1ccc(C(=O)NC(C)CCN2CCOCC2)cc1. The molecule has 1 heterocycles. The molecule has 1 aromatic carbocycles. The van der Waals surface area contributed by atoms with Crippen LogP contribution in [0.4, 0.5) is 0 Å². The van der Waals surface area contributed by atoms with E-state index in [1.807, 2.05) is 26.0 Å². The molecule has 1 saturated heterocycles. The zero-order chi connectivity index (χ0) is 15.8. The maximum absolute atomic E-state index is 12.2. The molecule has 1 atom stereocenters. The van der Waals surface area contributed by atoms with Crippen LogP contribution in [0.25, 0.3) is 0 Å². The summed E-state index contributed by atoms with van der Waals surface area (Å²) in [6.45, 7) is 9.21. The van der Waals surface area contributed by atoms with Gasteiger partial charge in [-0.25, -0.2) is 0 Å². The topological polar surface area (TPSA) is 50.8 Å². The number of rotatable bonds is 7. The number of benzene rings is 1. The summed E-state index contributed by atoms with van der Waals surface area (Å²) < 4.78 is 10.7. The Hall–Kier alpha value is -1.59. The fourth-order valence-electron chi connectivity index (χ4n) is 2.45. The van der Waals surface area contributed by atoms with Crippen LogP contribution in [0.3, 0.4) is 0 Å². The van der Waals surface area contributed by atoms with Crippen LogP contribution >= 0.6 is 0 Å². The van der Waals surface area contributed by atoms with Gasteiger partial charge < -0.3 is 14.8 Å². The zero-order valence-electron chi connectivity index (χ0n) is 13.5. The number of carbonyl (C=O) groups excluding carboxylic acids is 1. The predicted molar refractivity (Wildman–Crippen MR) is 86.4 cm³/mol. The highest BCUT2D eigenvalue weighted by Gasteiger charge is 2.14. The van der Waals surface area contributed by atoms with Gasteiger partial charge in [0.05, 0.1) is 19.8 Å². The average Bonchev–Trinajstić information content (AvgIpc) is 2.55. The third-order valence-corrected chi connectivity index (χ3v) is 3.79. The molecule has 1 aliphatic rings. The summed E-state index contributed by atoms with van der Waals surface area (Å²) in [4.78, 5) is 14.6. The third-order valence-electron chi connectivity index (χ3n) is 3.79. The number of nitrogens with zero attached hydrogens (tertiary/aromatic N) is 1. The van der Waals surface area contributed by atoms with Gasteiger partial charge in [0.1, 0.15) is 5.75 Å². The van der Waals surface area contributed by atoms with Gasteiger partial charge in [-0.1, -0.05) is 0 Å². The first-order chi connectivity index (χ1) is 10.7. The Morgan fingerprint density at radius 2 is 2.00 bits per heavy atom. The Kier molecular flexibility index (Phi) is 6.68. The Bertz CT molecular complexity index is 455. The zero-order valence-corrected chi connectivity index (χ0v) is 13.5. The molecular weight excluding hydrogens is 280 g/mol. The second-order valence-electron chi connectivity index (χ2n) is 5.57. The fourth-order valence-corrected chi connectivity index (χ4v) is 2.45. The van der Waals surface area contributed by atoms with Gasteiger partial charge in [-0.15, -0.1) is 0 Å². The van der Waals surface area contributed by atoms with Crippen LogP contribution in [0.1, 0.15) is 30.6 Å². The normalized spacial score (nSPS) is 17.0. The molecule has 0 bridgehead atoms. The Labute approximate surface area is 132 Å². The highest BCUT2D eigenvalue weighted by Crippen LogP contribution is 2.12. The van der Waals surface area contributed by atoms with E-state index >= 15 is 0 Å². The summed E-state index contributed by atoms with van der Waals surface area (Å²) >= 11 is 0. The van der Waals surface area contributed by atoms with E-state index in [1.54, 1.807) is 12.1 Å². The van der Waals surface area contributed by atoms with Crippen molar-refractivity contribution in [3.05, 3.63) is 29.8 Å². The van der Waals surface area contributed by atoms with Gasteiger partial charge in [0.15, 0.2) is 0 Å². The van der Waals surface area contributed by atoms with Crippen LogP contribution in [0.2, 0.25) is 0 Å². The van der Waals surface area contributed by atoms with Crippen molar-refractivity contribution in [2.75, 3.05) is 39.5 Å². The maximum Gasteiger partial charge on any atom is 0.251 e. The standard InChI is InChI=1S/C17H26N2O3/c1-3-22-16-6-4-15(5-7-16)17(20)18-14(2)8-9-19-10-12-21-13-11-19/h4-7,14H,3,8-13H2,1-2H3,(H,18,20). The van der Waals surface area contributed by atoms with Gasteiger partial charge in [-0.05, 0) is 44.5 Å². The molecule has 1 aromatic rings. The second kappa shape index (κ2) is 8.76.